The van der Waals surface area contributed by atoms with Gasteiger partial charge in [-0.15, -0.1) is 5.10 Å². The van der Waals surface area contributed by atoms with Gasteiger partial charge in [-0.25, -0.2) is 0 Å². The Bertz CT molecular complexity index is 985. The van der Waals surface area contributed by atoms with Crippen molar-refractivity contribution in [2.75, 3.05) is 7.05 Å². The van der Waals surface area contributed by atoms with Gasteiger partial charge in [0.1, 0.15) is 5.54 Å². The van der Waals surface area contributed by atoms with E-state index < -0.39 is 5.54 Å². The van der Waals surface area contributed by atoms with Gasteiger partial charge in [0.05, 0.1) is 5.69 Å². The number of carbonyl (C=O) groups excluding carboxylic acids is 1. The van der Waals surface area contributed by atoms with Gasteiger partial charge < -0.3 is 4.90 Å². The molecule has 150 valence electrons. The summed E-state index contributed by atoms with van der Waals surface area (Å²) >= 11 is 0. The summed E-state index contributed by atoms with van der Waals surface area (Å²) in [5, 5.41) is 12.8. The van der Waals surface area contributed by atoms with Crippen molar-refractivity contribution in [3.63, 3.8) is 0 Å². The molecule has 2 aromatic carbocycles. The van der Waals surface area contributed by atoms with E-state index in [1.807, 2.05) is 47.0 Å². The van der Waals surface area contributed by atoms with Gasteiger partial charge in [-0.3, -0.25) is 4.79 Å². The number of benzene rings is 2. The van der Waals surface area contributed by atoms with Crippen molar-refractivity contribution in [1.29, 1.82) is 0 Å². The van der Waals surface area contributed by atoms with Gasteiger partial charge in [-0.1, -0.05) is 43.5 Å². The standard InChI is InChI=1S/C23H27N5O/c1-17-14-18(2)16-20(15-17)28-22(24-25-26-28)23(12-8-5-9-13-23)27(3)21(29)19-10-6-4-7-11-19/h4,6-7,10-11,14-16H,5,8-9,12-13H2,1-3H3. The van der Waals surface area contributed by atoms with Crippen molar-refractivity contribution in [3.8, 4) is 5.69 Å². The molecule has 0 spiro atoms. The van der Waals surface area contributed by atoms with Crippen LogP contribution in [-0.2, 0) is 5.54 Å². The lowest BCUT2D eigenvalue weighted by molar-refractivity contribution is 0.0386. The lowest BCUT2D eigenvalue weighted by Gasteiger charge is -2.43. The zero-order valence-corrected chi connectivity index (χ0v) is 17.3. The highest BCUT2D eigenvalue weighted by molar-refractivity contribution is 5.94. The number of amides is 1. The molecule has 1 saturated carbocycles. The topological polar surface area (TPSA) is 63.9 Å². The van der Waals surface area contributed by atoms with E-state index in [9.17, 15) is 4.79 Å². The molecule has 1 aromatic heterocycles. The van der Waals surface area contributed by atoms with Crippen molar-refractivity contribution < 1.29 is 4.79 Å². The minimum atomic E-state index is -0.522. The van der Waals surface area contributed by atoms with Crippen LogP contribution in [0.25, 0.3) is 5.69 Å². The fourth-order valence-corrected chi connectivity index (χ4v) is 4.54. The minimum Gasteiger partial charge on any atom is -0.329 e. The van der Waals surface area contributed by atoms with Crippen molar-refractivity contribution in [3.05, 3.63) is 71.0 Å². The first-order chi connectivity index (χ1) is 14.0. The first-order valence-electron chi connectivity index (χ1n) is 10.2. The molecule has 6 heteroatoms. The lowest BCUT2D eigenvalue weighted by Crippen LogP contribution is -2.50. The second kappa shape index (κ2) is 7.78. The van der Waals surface area contributed by atoms with Crippen molar-refractivity contribution in [1.82, 2.24) is 25.1 Å². The average Bonchev–Trinajstić information content (AvgIpc) is 3.24. The lowest BCUT2D eigenvalue weighted by atomic mass is 9.79. The molecular weight excluding hydrogens is 362 g/mol. The largest absolute Gasteiger partial charge is 0.329 e. The molecule has 0 unspecified atom stereocenters. The Hall–Kier alpha value is -3.02. The van der Waals surface area contributed by atoms with Gasteiger partial charge in [0.15, 0.2) is 5.82 Å². The normalized spacial score (nSPS) is 15.8. The molecule has 0 atom stereocenters. The monoisotopic (exact) mass is 389 g/mol. The van der Waals surface area contributed by atoms with Crippen LogP contribution in [0.4, 0.5) is 0 Å². The maximum Gasteiger partial charge on any atom is 0.254 e. The summed E-state index contributed by atoms with van der Waals surface area (Å²) in [6.07, 6.45) is 4.97. The summed E-state index contributed by atoms with van der Waals surface area (Å²) in [5.41, 5.74) is 3.42. The summed E-state index contributed by atoms with van der Waals surface area (Å²) in [5.74, 6) is 0.747. The molecule has 29 heavy (non-hydrogen) atoms. The average molecular weight is 390 g/mol. The molecular formula is C23H27N5O. The number of nitrogens with zero attached hydrogens (tertiary/aromatic N) is 5. The van der Waals surface area contributed by atoms with Gasteiger partial charge in [0.25, 0.3) is 5.91 Å². The summed E-state index contributed by atoms with van der Waals surface area (Å²) in [7, 11) is 1.89. The zero-order valence-electron chi connectivity index (χ0n) is 17.3. The minimum absolute atomic E-state index is 0.00229. The van der Waals surface area contributed by atoms with Gasteiger partial charge in [0, 0.05) is 12.6 Å². The number of rotatable bonds is 4. The molecule has 1 aliphatic carbocycles. The smallest absolute Gasteiger partial charge is 0.254 e. The van der Waals surface area contributed by atoms with Gasteiger partial charge in [0.2, 0.25) is 0 Å². The number of aryl methyl sites for hydroxylation is 2. The maximum atomic E-state index is 13.3. The van der Waals surface area contributed by atoms with Crippen LogP contribution in [0.1, 0.15) is 59.4 Å². The first-order valence-corrected chi connectivity index (χ1v) is 10.2. The van der Waals surface area contributed by atoms with E-state index in [0.717, 1.165) is 48.3 Å². The SMILES string of the molecule is Cc1cc(C)cc(-n2nnnc2C2(N(C)C(=O)c3ccccc3)CCCCC2)c1. The number of hydrogen-bond acceptors (Lipinski definition) is 4. The van der Waals surface area contributed by atoms with Crippen LogP contribution < -0.4 is 0 Å². The molecule has 0 N–H and O–H groups in total. The fraction of sp³-hybridized carbons (Fsp3) is 0.391. The number of carbonyl (C=O) groups is 1. The molecule has 0 saturated heterocycles. The Morgan fingerprint density at radius 3 is 2.31 bits per heavy atom. The number of hydrogen-bond donors (Lipinski definition) is 0. The Morgan fingerprint density at radius 2 is 1.66 bits per heavy atom. The Kier molecular flexibility index (Phi) is 5.18. The van der Waals surface area contributed by atoms with E-state index in [1.165, 1.54) is 6.42 Å². The summed E-state index contributed by atoms with van der Waals surface area (Å²) in [6.45, 7) is 4.14. The molecule has 1 heterocycles. The Labute approximate surface area is 171 Å². The molecule has 6 nitrogen and oxygen atoms in total. The third-order valence-corrected chi connectivity index (χ3v) is 5.98. The van der Waals surface area contributed by atoms with Crippen LogP contribution in [0, 0.1) is 13.8 Å². The summed E-state index contributed by atoms with van der Waals surface area (Å²) < 4.78 is 1.82. The van der Waals surface area contributed by atoms with Crippen LogP contribution in [0.5, 0.6) is 0 Å². The number of aromatic nitrogens is 4. The van der Waals surface area contributed by atoms with Crippen LogP contribution in [0.15, 0.2) is 48.5 Å². The predicted octanol–water partition coefficient (Wildman–Crippen LogP) is 4.21. The van der Waals surface area contributed by atoms with Crippen LogP contribution in [0.3, 0.4) is 0 Å². The Morgan fingerprint density at radius 1 is 1.00 bits per heavy atom. The molecule has 0 aliphatic heterocycles. The fourth-order valence-electron chi connectivity index (χ4n) is 4.54. The highest BCUT2D eigenvalue weighted by Gasteiger charge is 2.45. The third kappa shape index (κ3) is 3.55. The van der Waals surface area contributed by atoms with E-state index >= 15 is 0 Å². The molecule has 1 fully saturated rings. The van der Waals surface area contributed by atoms with Crippen LogP contribution in [0.2, 0.25) is 0 Å². The third-order valence-electron chi connectivity index (χ3n) is 5.98. The number of tetrazole rings is 1. The van der Waals surface area contributed by atoms with Crippen LogP contribution in [-0.4, -0.2) is 38.1 Å². The molecule has 0 bridgehead atoms. The van der Waals surface area contributed by atoms with Gasteiger partial charge in [-0.2, -0.15) is 4.68 Å². The molecule has 0 radical (unpaired) electrons. The molecule has 1 aliphatic rings. The second-order valence-corrected chi connectivity index (χ2v) is 8.08. The summed E-state index contributed by atoms with van der Waals surface area (Å²) in [6, 6.07) is 15.8. The second-order valence-electron chi connectivity index (χ2n) is 8.08. The van der Waals surface area contributed by atoms with Crippen molar-refractivity contribution in [2.24, 2.45) is 0 Å². The van der Waals surface area contributed by atoms with Crippen LogP contribution >= 0.6 is 0 Å². The highest BCUT2D eigenvalue weighted by atomic mass is 16.2. The highest BCUT2D eigenvalue weighted by Crippen LogP contribution is 2.41. The van der Waals surface area contributed by atoms with E-state index in [2.05, 4.69) is 47.6 Å². The molecule has 3 aromatic rings. The van der Waals surface area contributed by atoms with Crippen molar-refractivity contribution >= 4 is 5.91 Å². The van der Waals surface area contributed by atoms with E-state index in [4.69, 9.17) is 0 Å². The van der Waals surface area contributed by atoms with E-state index in [-0.39, 0.29) is 5.91 Å². The first kappa shape index (κ1) is 19.3. The van der Waals surface area contributed by atoms with E-state index in [0.29, 0.717) is 5.56 Å². The van der Waals surface area contributed by atoms with Crippen molar-refractivity contribution in [2.45, 2.75) is 51.5 Å². The molecule has 4 rings (SSSR count). The summed E-state index contributed by atoms with van der Waals surface area (Å²) in [4.78, 5) is 15.2. The Balaban J connectivity index is 1.81. The molecule has 1 amide bonds. The van der Waals surface area contributed by atoms with E-state index in [1.54, 1.807) is 0 Å². The van der Waals surface area contributed by atoms with Gasteiger partial charge in [-0.05, 0) is 72.5 Å². The van der Waals surface area contributed by atoms with Gasteiger partial charge >= 0.3 is 0 Å². The quantitative estimate of drug-likeness (QED) is 0.670. The predicted molar refractivity (Wildman–Crippen MR) is 112 cm³/mol. The maximum absolute atomic E-state index is 13.3. The zero-order chi connectivity index (χ0) is 20.4.